The third-order valence-electron chi connectivity index (χ3n) is 4.06. The van der Waals surface area contributed by atoms with Gasteiger partial charge in [0.15, 0.2) is 0 Å². The largest absolute Gasteiger partial charge is 0.511 e. The van der Waals surface area contributed by atoms with Crippen LogP contribution in [0.5, 0.6) is 0 Å². The molecule has 4 nitrogen and oxygen atoms in total. The first kappa shape index (κ1) is 15.8. The van der Waals surface area contributed by atoms with Gasteiger partial charge in [-0.1, -0.05) is 6.58 Å². The van der Waals surface area contributed by atoms with Crippen LogP contribution in [0.4, 0.5) is 5.69 Å². The van der Waals surface area contributed by atoms with E-state index in [2.05, 4.69) is 48.8 Å². The van der Waals surface area contributed by atoms with E-state index in [0.29, 0.717) is 6.42 Å². The Balaban J connectivity index is 2.75. The number of fused-ring (bicyclic) bond motifs is 1. The molecule has 0 aliphatic heterocycles. The quantitative estimate of drug-likeness (QED) is 0.586. The lowest BCUT2D eigenvalue weighted by Crippen LogP contribution is -2.25. The monoisotopic (exact) mass is 305 g/mol. The van der Waals surface area contributed by atoms with Crippen molar-refractivity contribution in [2.24, 2.45) is 12.8 Å². The first-order valence-electron chi connectivity index (χ1n) is 6.88. The number of thioether (sulfide) groups is 1. The first-order valence-corrected chi connectivity index (χ1v) is 8.10. The molecule has 1 atom stereocenters. The van der Waals surface area contributed by atoms with E-state index in [1.807, 2.05) is 7.05 Å². The maximum Gasteiger partial charge on any atom is 0.102 e. The highest BCUT2D eigenvalue weighted by Gasteiger charge is 2.20. The lowest BCUT2D eigenvalue weighted by atomic mass is 10.0. The van der Waals surface area contributed by atoms with Gasteiger partial charge in [-0.05, 0) is 37.3 Å². The molecule has 114 valence electrons. The Morgan fingerprint density at radius 3 is 2.71 bits per heavy atom. The van der Waals surface area contributed by atoms with Crippen LogP contribution in [0.2, 0.25) is 0 Å². The molecular weight excluding hydrogens is 282 g/mol. The number of anilines is 1. The Morgan fingerprint density at radius 2 is 2.19 bits per heavy atom. The average Bonchev–Trinajstić information content (AvgIpc) is 2.72. The normalized spacial score (nSPS) is 12.6. The Bertz CT molecular complexity index is 691. The fourth-order valence-corrected chi connectivity index (χ4v) is 3.35. The van der Waals surface area contributed by atoms with Crippen molar-refractivity contribution < 1.29 is 5.11 Å². The van der Waals surface area contributed by atoms with Gasteiger partial charge < -0.3 is 20.7 Å². The van der Waals surface area contributed by atoms with Crippen molar-refractivity contribution in [3.63, 3.8) is 0 Å². The number of hydrogen-bond acceptors (Lipinski definition) is 4. The van der Waals surface area contributed by atoms with Crippen molar-refractivity contribution >= 4 is 28.4 Å². The van der Waals surface area contributed by atoms with Crippen LogP contribution in [0.25, 0.3) is 10.9 Å². The summed E-state index contributed by atoms with van der Waals surface area (Å²) in [5.74, 6) is 0.0295. The molecule has 0 bridgehead atoms. The molecule has 21 heavy (non-hydrogen) atoms. The summed E-state index contributed by atoms with van der Waals surface area (Å²) in [6.07, 6.45) is 2.66. The number of aryl methyl sites for hydroxylation is 1. The number of aliphatic hydroxyl groups excluding tert-OH is 1. The highest BCUT2D eigenvalue weighted by molar-refractivity contribution is 7.98. The fourth-order valence-electron chi connectivity index (χ4n) is 2.72. The predicted octanol–water partition coefficient (Wildman–Crippen LogP) is 3.19. The van der Waals surface area contributed by atoms with E-state index in [0.717, 1.165) is 5.69 Å². The zero-order valence-electron chi connectivity index (χ0n) is 13.0. The van der Waals surface area contributed by atoms with Crippen LogP contribution in [-0.2, 0) is 13.5 Å². The Hall–Kier alpha value is -1.59. The molecule has 2 aromatic rings. The molecule has 0 fully saturated rings. The Morgan fingerprint density at radius 1 is 1.52 bits per heavy atom. The highest BCUT2D eigenvalue weighted by atomic mass is 32.2. The van der Waals surface area contributed by atoms with Crippen LogP contribution in [-0.4, -0.2) is 29.0 Å². The van der Waals surface area contributed by atoms with E-state index in [1.165, 1.54) is 27.1 Å². The summed E-state index contributed by atoms with van der Waals surface area (Å²) in [7, 11) is 3.99. The second kappa shape index (κ2) is 6.03. The maximum absolute atomic E-state index is 9.54. The minimum Gasteiger partial charge on any atom is -0.511 e. The predicted molar refractivity (Wildman–Crippen MR) is 92.4 cm³/mol. The molecule has 1 aromatic carbocycles. The summed E-state index contributed by atoms with van der Waals surface area (Å²) in [6.45, 7) is 5.64. The molecule has 0 aliphatic carbocycles. The van der Waals surface area contributed by atoms with Crippen LogP contribution in [0.15, 0.2) is 29.4 Å². The summed E-state index contributed by atoms with van der Waals surface area (Å²) in [6, 6.07) is 3.78. The van der Waals surface area contributed by atoms with Crippen LogP contribution in [0.3, 0.4) is 0 Å². The molecule has 0 amide bonds. The zero-order chi connectivity index (χ0) is 15.7. The summed E-state index contributed by atoms with van der Waals surface area (Å²) in [4.78, 5) is 1.22. The lowest BCUT2D eigenvalue weighted by molar-refractivity contribution is 0.368. The topological polar surface area (TPSA) is 63.2 Å². The van der Waals surface area contributed by atoms with E-state index in [1.54, 1.807) is 11.8 Å². The van der Waals surface area contributed by atoms with Gasteiger partial charge in [0.2, 0.25) is 0 Å². The number of nitrogens with zero attached hydrogens (tertiary/aromatic N) is 1. The summed E-state index contributed by atoms with van der Waals surface area (Å²) < 4.78 is 2.18. The smallest absolute Gasteiger partial charge is 0.102 e. The van der Waals surface area contributed by atoms with Gasteiger partial charge in [-0.15, -0.1) is 11.8 Å². The second-order valence-corrected chi connectivity index (χ2v) is 6.06. The average molecular weight is 305 g/mol. The molecule has 0 radical (unpaired) electrons. The van der Waals surface area contributed by atoms with E-state index in [9.17, 15) is 5.11 Å². The SMILES string of the molecule is C=C(O)C(N)Cc1c(C)n(C)c2c(NC)ccc(SC)c12. The molecular formula is C16H23N3OS. The minimum absolute atomic E-state index is 0.0295. The van der Waals surface area contributed by atoms with Crippen molar-refractivity contribution in [3.8, 4) is 0 Å². The van der Waals surface area contributed by atoms with Crippen LogP contribution < -0.4 is 11.1 Å². The van der Waals surface area contributed by atoms with Gasteiger partial charge in [-0.3, -0.25) is 0 Å². The number of hydrogen-bond donors (Lipinski definition) is 3. The molecule has 0 saturated heterocycles. The van der Waals surface area contributed by atoms with Crippen molar-refractivity contribution in [2.75, 3.05) is 18.6 Å². The van der Waals surface area contributed by atoms with Crippen molar-refractivity contribution in [1.29, 1.82) is 0 Å². The molecule has 0 aliphatic rings. The molecule has 1 aromatic heterocycles. The fraction of sp³-hybridized carbons (Fsp3) is 0.375. The molecule has 5 heteroatoms. The third kappa shape index (κ3) is 2.63. The molecule has 2 rings (SSSR count). The first-order chi connectivity index (χ1) is 9.92. The van der Waals surface area contributed by atoms with E-state index in [-0.39, 0.29) is 5.76 Å². The standard InChI is InChI=1S/C16H23N3OS/c1-9-11(8-12(17)10(2)20)15-14(21-5)7-6-13(18-3)16(15)19(9)4/h6-7,12,18,20H,2,8,17H2,1,3-5H3. The lowest BCUT2D eigenvalue weighted by Gasteiger charge is -2.12. The third-order valence-corrected chi connectivity index (χ3v) is 4.84. The number of aliphatic hydroxyl groups is 1. The van der Waals surface area contributed by atoms with Gasteiger partial charge in [0.1, 0.15) is 5.76 Å². The van der Waals surface area contributed by atoms with E-state index in [4.69, 9.17) is 5.73 Å². The van der Waals surface area contributed by atoms with Gasteiger partial charge in [0, 0.05) is 30.1 Å². The van der Waals surface area contributed by atoms with Gasteiger partial charge in [0.25, 0.3) is 0 Å². The minimum atomic E-state index is -0.442. The number of benzene rings is 1. The van der Waals surface area contributed by atoms with Crippen molar-refractivity contribution in [2.45, 2.75) is 24.3 Å². The molecule has 1 heterocycles. The number of rotatable bonds is 5. The van der Waals surface area contributed by atoms with Crippen LogP contribution >= 0.6 is 11.8 Å². The molecule has 0 saturated carbocycles. The van der Waals surface area contributed by atoms with Gasteiger partial charge in [-0.2, -0.15) is 0 Å². The van der Waals surface area contributed by atoms with E-state index >= 15 is 0 Å². The highest BCUT2D eigenvalue weighted by Crippen LogP contribution is 2.37. The van der Waals surface area contributed by atoms with Gasteiger partial charge in [0.05, 0.1) is 17.2 Å². The van der Waals surface area contributed by atoms with Crippen LogP contribution in [0, 0.1) is 6.92 Å². The number of nitrogens with one attached hydrogen (secondary N) is 1. The maximum atomic E-state index is 9.54. The van der Waals surface area contributed by atoms with Crippen molar-refractivity contribution in [1.82, 2.24) is 4.57 Å². The van der Waals surface area contributed by atoms with Gasteiger partial charge >= 0.3 is 0 Å². The second-order valence-electron chi connectivity index (χ2n) is 5.21. The van der Waals surface area contributed by atoms with Crippen molar-refractivity contribution in [3.05, 3.63) is 35.7 Å². The summed E-state index contributed by atoms with van der Waals surface area (Å²) in [5, 5.41) is 14.0. The zero-order valence-corrected chi connectivity index (χ0v) is 13.8. The number of nitrogens with two attached hydrogens (primary N) is 1. The summed E-state index contributed by atoms with van der Waals surface area (Å²) in [5.41, 5.74) is 10.6. The van der Waals surface area contributed by atoms with E-state index < -0.39 is 6.04 Å². The molecule has 0 spiro atoms. The van der Waals surface area contributed by atoms with Crippen LogP contribution in [0.1, 0.15) is 11.3 Å². The Labute approximate surface area is 130 Å². The number of aromatic nitrogens is 1. The molecule has 4 N–H and O–H groups in total. The summed E-state index contributed by atoms with van der Waals surface area (Å²) >= 11 is 1.72. The Kier molecular flexibility index (Phi) is 4.54. The van der Waals surface area contributed by atoms with Gasteiger partial charge in [-0.25, -0.2) is 0 Å². The molecule has 1 unspecified atom stereocenters.